The van der Waals surface area contributed by atoms with Crippen LogP contribution < -0.4 is 0 Å². The Morgan fingerprint density at radius 1 is 1.12 bits per heavy atom. The molecule has 5 heteroatoms. The van der Waals surface area contributed by atoms with Gasteiger partial charge in [-0.15, -0.1) is 0 Å². The van der Waals surface area contributed by atoms with Gasteiger partial charge in [0.2, 0.25) is 0 Å². The van der Waals surface area contributed by atoms with Gasteiger partial charge in [-0.05, 0) is 42.3 Å². The molecule has 1 saturated heterocycles. The lowest BCUT2D eigenvalue weighted by atomic mass is 9.99. The molecule has 132 valence electrons. The SMILES string of the molecule is Cn1nc(-c2ccc(F)cc2)cc1C(=O)N1CCC(c2ccccc2)C1. The fourth-order valence-electron chi connectivity index (χ4n) is 3.53. The first kappa shape index (κ1) is 16.5. The standard InChI is InChI=1S/C21H20FN3O/c1-24-20(13-19(23-24)16-7-9-18(22)10-8-16)21(26)25-12-11-17(14-25)15-5-3-2-4-6-15/h2-10,13,17H,11-12,14H2,1H3. The van der Waals surface area contributed by atoms with Crippen LogP contribution in [0.4, 0.5) is 4.39 Å². The molecule has 0 N–H and O–H groups in total. The molecule has 0 spiro atoms. The van der Waals surface area contributed by atoms with Gasteiger partial charge in [-0.1, -0.05) is 30.3 Å². The van der Waals surface area contributed by atoms with Crippen LogP contribution in [0.3, 0.4) is 0 Å². The topological polar surface area (TPSA) is 38.1 Å². The number of halogens is 1. The third-order valence-electron chi connectivity index (χ3n) is 4.99. The predicted molar refractivity (Wildman–Crippen MR) is 98.3 cm³/mol. The van der Waals surface area contributed by atoms with Crippen LogP contribution in [0.1, 0.15) is 28.4 Å². The van der Waals surface area contributed by atoms with Gasteiger partial charge in [-0.3, -0.25) is 9.48 Å². The zero-order valence-electron chi connectivity index (χ0n) is 14.6. The number of aromatic nitrogens is 2. The third-order valence-corrected chi connectivity index (χ3v) is 4.99. The second-order valence-electron chi connectivity index (χ2n) is 6.69. The van der Waals surface area contributed by atoms with Crippen LogP contribution in [-0.2, 0) is 7.05 Å². The van der Waals surface area contributed by atoms with E-state index in [2.05, 4.69) is 17.2 Å². The summed E-state index contributed by atoms with van der Waals surface area (Å²) >= 11 is 0. The van der Waals surface area contributed by atoms with E-state index in [-0.39, 0.29) is 11.7 Å². The van der Waals surface area contributed by atoms with E-state index in [1.54, 1.807) is 29.9 Å². The van der Waals surface area contributed by atoms with E-state index in [0.29, 0.717) is 17.3 Å². The average Bonchev–Trinajstić information content (AvgIpc) is 3.30. The van der Waals surface area contributed by atoms with Crippen molar-refractivity contribution in [3.05, 3.63) is 77.7 Å². The van der Waals surface area contributed by atoms with Crippen molar-refractivity contribution in [3.63, 3.8) is 0 Å². The first-order valence-corrected chi connectivity index (χ1v) is 8.76. The van der Waals surface area contributed by atoms with Crippen LogP contribution in [0, 0.1) is 5.82 Å². The monoisotopic (exact) mass is 349 g/mol. The maximum atomic E-state index is 13.1. The summed E-state index contributed by atoms with van der Waals surface area (Å²) in [6, 6.07) is 18.3. The molecule has 0 radical (unpaired) electrons. The van der Waals surface area contributed by atoms with Crippen LogP contribution in [0.15, 0.2) is 60.7 Å². The average molecular weight is 349 g/mol. The molecule has 2 aromatic carbocycles. The van der Waals surface area contributed by atoms with Gasteiger partial charge in [0, 0.05) is 31.6 Å². The Labute approximate surface area is 151 Å². The molecular weight excluding hydrogens is 329 g/mol. The summed E-state index contributed by atoms with van der Waals surface area (Å²) in [4.78, 5) is 14.8. The van der Waals surface area contributed by atoms with Gasteiger partial charge in [0.1, 0.15) is 11.5 Å². The molecule has 0 bridgehead atoms. The fourth-order valence-corrected chi connectivity index (χ4v) is 3.53. The van der Waals surface area contributed by atoms with Crippen molar-refractivity contribution in [2.24, 2.45) is 7.05 Å². The lowest BCUT2D eigenvalue weighted by Crippen LogP contribution is -2.30. The Morgan fingerprint density at radius 2 is 1.85 bits per heavy atom. The summed E-state index contributed by atoms with van der Waals surface area (Å²) in [6.45, 7) is 1.47. The third kappa shape index (κ3) is 3.12. The lowest BCUT2D eigenvalue weighted by molar-refractivity contribution is 0.0780. The van der Waals surface area contributed by atoms with E-state index >= 15 is 0 Å². The largest absolute Gasteiger partial charge is 0.337 e. The van der Waals surface area contributed by atoms with Crippen molar-refractivity contribution >= 4 is 5.91 Å². The maximum Gasteiger partial charge on any atom is 0.272 e. The Bertz CT molecular complexity index is 918. The Kier molecular flexibility index (Phi) is 4.29. The highest BCUT2D eigenvalue weighted by Crippen LogP contribution is 2.28. The molecule has 3 aromatic rings. The highest BCUT2D eigenvalue weighted by molar-refractivity contribution is 5.94. The second kappa shape index (κ2) is 6.75. The molecule has 1 aliphatic rings. The van der Waals surface area contributed by atoms with Crippen molar-refractivity contribution in [2.75, 3.05) is 13.1 Å². The van der Waals surface area contributed by atoms with Crippen molar-refractivity contribution in [1.29, 1.82) is 0 Å². The number of benzene rings is 2. The van der Waals surface area contributed by atoms with E-state index in [4.69, 9.17) is 0 Å². The van der Waals surface area contributed by atoms with Crippen molar-refractivity contribution in [1.82, 2.24) is 14.7 Å². The van der Waals surface area contributed by atoms with E-state index in [9.17, 15) is 9.18 Å². The molecule has 4 nitrogen and oxygen atoms in total. The second-order valence-corrected chi connectivity index (χ2v) is 6.69. The summed E-state index contributed by atoms with van der Waals surface area (Å²) in [5.41, 5.74) is 3.30. The number of hydrogen-bond donors (Lipinski definition) is 0. The Balaban J connectivity index is 1.53. The van der Waals surface area contributed by atoms with Crippen LogP contribution in [0.2, 0.25) is 0 Å². The molecular formula is C21H20FN3O. The molecule has 0 aliphatic carbocycles. The quantitative estimate of drug-likeness (QED) is 0.720. The molecule has 1 fully saturated rings. The lowest BCUT2D eigenvalue weighted by Gasteiger charge is -2.16. The molecule has 1 amide bonds. The van der Waals surface area contributed by atoms with Crippen LogP contribution in [0.5, 0.6) is 0 Å². The zero-order valence-corrected chi connectivity index (χ0v) is 14.6. The normalized spacial score (nSPS) is 16.8. The minimum Gasteiger partial charge on any atom is -0.337 e. The number of hydrogen-bond acceptors (Lipinski definition) is 2. The number of likely N-dealkylation sites (tertiary alicyclic amines) is 1. The van der Waals surface area contributed by atoms with E-state index in [1.807, 2.05) is 23.1 Å². The van der Waals surface area contributed by atoms with E-state index in [0.717, 1.165) is 25.1 Å². The summed E-state index contributed by atoms with van der Waals surface area (Å²) in [6.07, 6.45) is 0.971. The summed E-state index contributed by atoms with van der Waals surface area (Å²) in [7, 11) is 1.77. The molecule has 1 aliphatic heterocycles. The van der Waals surface area contributed by atoms with E-state index in [1.165, 1.54) is 17.7 Å². The minimum atomic E-state index is -0.287. The molecule has 1 aromatic heterocycles. The first-order valence-electron chi connectivity index (χ1n) is 8.76. The number of amides is 1. The van der Waals surface area contributed by atoms with Gasteiger partial charge in [0.15, 0.2) is 0 Å². The van der Waals surface area contributed by atoms with Gasteiger partial charge >= 0.3 is 0 Å². The number of nitrogens with zero attached hydrogens (tertiary/aromatic N) is 3. The number of aryl methyl sites for hydroxylation is 1. The number of rotatable bonds is 3. The van der Waals surface area contributed by atoms with Gasteiger partial charge in [-0.25, -0.2) is 4.39 Å². The minimum absolute atomic E-state index is 0.00760. The first-order chi connectivity index (χ1) is 12.6. The predicted octanol–water partition coefficient (Wildman–Crippen LogP) is 3.86. The number of carbonyl (C=O) groups is 1. The van der Waals surface area contributed by atoms with Crippen molar-refractivity contribution in [2.45, 2.75) is 12.3 Å². The van der Waals surface area contributed by atoms with Crippen molar-refractivity contribution in [3.8, 4) is 11.3 Å². The smallest absolute Gasteiger partial charge is 0.272 e. The molecule has 4 rings (SSSR count). The van der Waals surface area contributed by atoms with Gasteiger partial charge in [-0.2, -0.15) is 5.10 Å². The van der Waals surface area contributed by atoms with Gasteiger partial charge < -0.3 is 4.90 Å². The Hall–Kier alpha value is -2.95. The van der Waals surface area contributed by atoms with Crippen LogP contribution in [0.25, 0.3) is 11.3 Å². The zero-order chi connectivity index (χ0) is 18.1. The fraction of sp³-hybridized carbons (Fsp3) is 0.238. The Morgan fingerprint density at radius 3 is 2.58 bits per heavy atom. The van der Waals surface area contributed by atoms with Crippen LogP contribution in [-0.4, -0.2) is 33.7 Å². The maximum absolute atomic E-state index is 13.1. The van der Waals surface area contributed by atoms with E-state index < -0.39 is 0 Å². The molecule has 0 saturated carbocycles. The van der Waals surface area contributed by atoms with Crippen molar-refractivity contribution < 1.29 is 9.18 Å². The number of carbonyl (C=O) groups excluding carboxylic acids is 1. The molecule has 1 unspecified atom stereocenters. The molecule has 26 heavy (non-hydrogen) atoms. The van der Waals surface area contributed by atoms with Gasteiger partial charge in [0.25, 0.3) is 5.91 Å². The molecule has 2 heterocycles. The molecule has 1 atom stereocenters. The van der Waals surface area contributed by atoms with Gasteiger partial charge in [0.05, 0.1) is 5.69 Å². The highest BCUT2D eigenvalue weighted by Gasteiger charge is 2.29. The van der Waals surface area contributed by atoms with Crippen LogP contribution >= 0.6 is 0 Å². The summed E-state index contributed by atoms with van der Waals surface area (Å²) in [5.74, 6) is 0.0849. The summed E-state index contributed by atoms with van der Waals surface area (Å²) in [5, 5.41) is 4.43. The summed E-state index contributed by atoms with van der Waals surface area (Å²) < 4.78 is 14.7. The highest BCUT2D eigenvalue weighted by atomic mass is 19.1.